The van der Waals surface area contributed by atoms with Gasteiger partial charge in [-0.1, -0.05) is 42.8 Å². The summed E-state index contributed by atoms with van der Waals surface area (Å²) in [7, 11) is 0. The van der Waals surface area contributed by atoms with Gasteiger partial charge in [-0.05, 0) is 23.6 Å². The lowest BCUT2D eigenvalue weighted by Crippen LogP contribution is -1.84. The van der Waals surface area contributed by atoms with Crippen LogP contribution in [0.4, 0.5) is 0 Å². The van der Waals surface area contributed by atoms with Gasteiger partial charge in [-0.15, -0.1) is 0 Å². The van der Waals surface area contributed by atoms with Crippen LogP contribution in [-0.2, 0) is 6.42 Å². The van der Waals surface area contributed by atoms with E-state index in [1.807, 2.05) is 6.07 Å². The van der Waals surface area contributed by atoms with E-state index in [2.05, 4.69) is 36.2 Å². The summed E-state index contributed by atoms with van der Waals surface area (Å²) in [6.45, 7) is 2.14. The maximum Gasteiger partial charge on any atom is 0.0515 e. The Kier molecular flexibility index (Phi) is 3.02. The van der Waals surface area contributed by atoms with Gasteiger partial charge in [0.15, 0.2) is 0 Å². The Bertz CT molecular complexity index is 466. The molecule has 0 aliphatic heterocycles. The van der Waals surface area contributed by atoms with E-state index in [0.717, 1.165) is 22.6 Å². The number of hydrogen-bond donors (Lipinski definition) is 0. The van der Waals surface area contributed by atoms with Gasteiger partial charge in [-0.2, -0.15) is 0 Å². The average Bonchev–Trinajstić information content (AvgIpc) is 2.30. The van der Waals surface area contributed by atoms with Crippen molar-refractivity contribution in [2.24, 2.45) is 0 Å². The summed E-state index contributed by atoms with van der Waals surface area (Å²) in [5.41, 5.74) is 3.44. The second-order valence-electron chi connectivity index (χ2n) is 3.41. The molecule has 0 atom stereocenters. The molecule has 76 valence electrons. The zero-order chi connectivity index (χ0) is 10.7. The SMILES string of the molecule is CCc1cccc(-c2cnccc2Cl)c1. The van der Waals surface area contributed by atoms with Crippen LogP contribution in [0.1, 0.15) is 12.5 Å². The normalized spacial score (nSPS) is 10.3. The van der Waals surface area contributed by atoms with Crippen molar-refractivity contribution in [3.8, 4) is 11.1 Å². The van der Waals surface area contributed by atoms with Gasteiger partial charge in [-0.25, -0.2) is 0 Å². The molecule has 0 saturated carbocycles. The molecule has 0 amide bonds. The van der Waals surface area contributed by atoms with E-state index in [0.29, 0.717) is 0 Å². The van der Waals surface area contributed by atoms with E-state index < -0.39 is 0 Å². The molecule has 2 aromatic rings. The third kappa shape index (κ3) is 2.18. The van der Waals surface area contributed by atoms with Crippen LogP contribution in [0.25, 0.3) is 11.1 Å². The Hall–Kier alpha value is -1.34. The van der Waals surface area contributed by atoms with Gasteiger partial charge >= 0.3 is 0 Å². The highest BCUT2D eigenvalue weighted by molar-refractivity contribution is 6.33. The molecule has 1 nitrogen and oxygen atoms in total. The number of aromatic nitrogens is 1. The standard InChI is InChI=1S/C13H12ClN/c1-2-10-4-3-5-11(8-10)12-9-15-7-6-13(12)14/h3-9H,2H2,1H3. The maximum absolute atomic E-state index is 6.11. The summed E-state index contributed by atoms with van der Waals surface area (Å²) in [5, 5.41) is 0.748. The minimum Gasteiger partial charge on any atom is -0.264 e. The number of aryl methyl sites for hydroxylation is 1. The third-order valence-corrected chi connectivity index (χ3v) is 2.74. The Morgan fingerprint density at radius 1 is 1.27 bits per heavy atom. The minimum absolute atomic E-state index is 0.748. The fourth-order valence-electron chi connectivity index (χ4n) is 1.55. The van der Waals surface area contributed by atoms with Crippen LogP contribution in [-0.4, -0.2) is 4.98 Å². The van der Waals surface area contributed by atoms with E-state index in [1.165, 1.54) is 5.56 Å². The Morgan fingerprint density at radius 3 is 2.87 bits per heavy atom. The first kappa shape index (κ1) is 10.2. The van der Waals surface area contributed by atoms with Gasteiger partial charge < -0.3 is 0 Å². The summed E-state index contributed by atoms with van der Waals surface area (Å²) >= 11 is 6.11. The van der Waals surface area contributed by atoms with Crippen molar-refractivity contribution in [2.75, 3.05) is 0 Å². The quantitative estimate of drug-likeness (QED) is 0.742. The fourth-order valence-corrected chi connectivity index (χ4v) is 1.76. The molecule has 0 radical (unpaired) electrons. The smallest absolute Gasteiger partial charge is 0.0515 e. The van der Waals surface area contributed by atoms with Crippen molar-refractivity contribution in [2.45, 2.75) is 13.3 Å². The first-order valence-electron chi connectivity index (χ1n) is 5.00. The van der Waals surface area contributed by atoms with Gasteiger partial charge in [0.1, 0.15) is 0 Å². The van der Waals surface area contributed by atoms with Crippen molar-refractivity contribution in [1.29, 1.82) is 0 Å². The zero-order valence-corrected chi connectivity index (χ0v) is 9.33. The van der Waals surface area contributed by atoms with Crippen LogP contribution in [0.2, 0.25) is 5.02 Å². The van der Waals surface area contributed by atoms with Gasteiger partial charge in [0, 0.05) is 18.0 Å². The highest BCUT2D eigenvalue weighted by Gasteiger charge is 2.02. The Morgan fingerprint density at radius 2 is 2.13 bits per heavy atom. The molecule has 2 heteroatoms. The van der Waals surface area contributed by atoms with Crippen molar-refractivity contribution in [3.05, 3.63) is 53.3 Å². The molecule has 1 aromatic heterocycles. The number of nitrogens with zero attached hydrogens (tertiary/aromatic N) is 1. The lowest BCUT2D eigenvalue weighted by Gasteiger charge is -2.05. The predicted molar refractivity (Wildman–Crippen MR) is 64.1 cm³/mol. The van der Waals surface area contributed by atoms with Crippen LogP contribution in [0.15, 0.2) is 42.7 Å². The van der Waals surface area contributed by atoms with Gasteiger partial charge in [0.05, 0.1) is 5.02 Å². The first-order chi connectivity index (χ1) is 7.31. The second kappa shape index (κ2) is 4.45. The number of hydrogen-bond acceptors (Lipinski definition) is 1. The molecular formula is C13H12ClN. The highest BCUT2D eigenvalue weighted by Crippen LogP contribution is 2.27. The predicted octanol–water partition coefficient (Wildman–Crippen LogP) is 3.96. The minimum atomic E-state index is 0.748. The van der Waals surface area contributed by atoms with Gasteiger partial charge in [0.25, 0.3) is 0 Å². The summed E-state index contributed by atoms with van der Waals surface area (Å²) in [5.74, 6) is 0. The summed E-state index contributed by atoms with van der Waals surface area (Å²) < 4.78 is 0. The molecule has 0 spiro atoms. The number of rotatable bonds is 2. The summed E-state index contributed by atoms with van der Waals surface area (Å²) in [6.07, 6.45) is 4.54. The van der Waals surface area contributed by atoms with Crippen LogP contribution >= 0.6 is 11.6 Å². The Balaban J connectivity index is 2.49. The zero-order valence-electron chi connectivity index (χ0n) is 8.57. The monoisotopic (exact) mass is 217 g/mol. The van der Waals surface area contributed by atoms with E-state index in [-0.39, 0.29) is 0 Å². The number of halogens is 1. The van der Waals surface area contributed by atoms with Crippen LogP contribution in [0.5, 0.6) is 0 Å². The van der Waals surface area contributed by atoms with Gasteiger partial charge in [-0.3, -0.25) is 4.98 Å². The lowest BCUT2D eigenvalue weighted by atomic mass is 10.0. The third-order valence-electron chi connectivity index (χ3n) is 2.41. The first-order valence-corrected chi connectivity index (χ1v) is 5.38. The topological polar surface area (TPSA) is 12.9 Å². The number of pyridine rings is 1. The van der Waals surface area contributed by atoms with Gasteiger partial charge in [0.2, 0.25) is 0 Å². The molecule has 2 rings (SSSR count). The molecule has 0 saturated heterocycles. The van der Waals surface area contributed by atoms with Crippen molar-refractivity contribution >= 4 is 11.6 Å². The van der Waals surface area contributed by atoms with Crippen LogP contribution in [0, 0.1) is 0 Å². The molecule has 0 unspecified atom stereocenters. The van der Waals surface area contributed by atoms with Crippen molar-refractivity contribution < 1.29 is 0 Å². The summed E-state index contributed by atoms with van der Waals surface area (Å²) in [6, 6.07) is 10.2. The van der Waals surface area contributed by atoms with E-state index in [1.54, 1.807) is 12.4 Å². The molecule has 0 aliphatic rings. The average molecular weight is 218 g/mol. The molecule has 15 heavy (non-hydrogen) atoms. The van der Waals surface area contributed by atoms with Crippen LogP contribution in [0.3, 0.4) is 0 Å². The molecule has 0 fully saturated rings. The van der Waals surface area contributed by atoms with E-state index >= 15 is 0 Å². The number of benzene rings is 1. The summed E-state index contributed by atoms with van der Waals surface area (Å²) in [4.78, 5) is 4.09. The molecule has 1 aromatic carbocycles. The molecule has 0 N–H and O–H groups in total. The second-order valence-corrected chi connectivity index (χ2v) is 3.82. The van der Waals surface area contributed by atoms with E-state index in [4.69, 9.17) is 11.6 Å². The van der Waals surface area contributed by atoms with Crippen molar-refractivity contribution in [3.63, 3.8) is 0 Å². The van der Waals surface area contributed by atoms with E-state index in [9.17, 15) is 0 Å². The Labute approximate surface area is 94.7 Å². The lowest BCUT2D eigenvalue weighted by molar-refractivity contribution is 1.14. The highest BCUT2D eigenvalue weighted by atomic mass is 35.5. The largest absolute Gasteiger partial charge is 0.264 e. The fraction of sp³-hybridized carbons (Fsp3) is 0.154. The molecule has 0 bridgehead atoms. The molecular weight excluding hydrogens is 206 g/mol. The van der Waals surface area contributed by atoms with Crippen molar-refractivity contribution in [1.82, 2.24) is 4.98 Å². The molecule has 1 heterocycles. The van der Waals surface area contributed by atoms with Crippen LogP contribution < -0.4 is 0 Å². The molecule has 0 aliphatic carbocycles. The maximum atomic E-state index is 6.11.